The molecule has 0 saturated carbocycles. The van der Waals surface area contributed by atoms with E-state index in [-0.39, 0.29) is 18.2 Å². The van der Waals surface area contributed by atoms with Crippen LogP contribution in [0.25, 0.3) is 0 Å². The number of aryl methyl sites for hydroxylation is 1. The molecule has 2 aromatic carbocycles. The fraction of sp³-hybridized carbons (Fsp3) is 0.211. The van der Waals surface area contributed by atoms with E-state index in [1.54, 1.807) is 7.05 Å². The van der Waals surface area contributed by atoms with E-state index in [4.69, 9.17) is 0 Å². The van der Waals surface area contributed by atoms with Crippen molar-refractivity contribution in [3.05, 3.63) is 57.7 Å². The topological polar surface area (TPSA) is 61.8 Å². The lowest BCUT2D eigenvalue weighted by Crippen LogP contribution is -2.43. The van der Waals surface area contributed by atoms with Crippen molar-refractivity contribution >= 4 is 62.7 Å². The number of hydrogen-bond donors (Lipinski definition) is 1. The van der Waals surface area contributed by atoms with Crippen LogP contribution in [0.2, 0.25) is 0 Å². The van der Waals surface area contributed by atoms with E-state index >= 15 is 0 Å². The Bertz CT molecular complexity index is 867. The van der Waals surface area contributed by atoms with E-state index in [1.165, 1.54) is 16.7 Å². The van der Waals surface area contributed by atoms with Crippen LogP contribution >= 0.6 is 34.4 Å². The summed E-state index contributed by atoms with van der Waals surface area (Å²) < 4.78 is 1.11. The summed E-state index contributed by atoms with van der Waals surface area (Å²) in [6, 6.07) is 15.3. The molecule has 2 amide bonds. The monoisotopic (exact) mass is 479 g/mol. The van der Waals surface area contributed by atoms with Crippen LogP contribution in [-0.2, 0) is 9.59 Å². The highest BCUT2D eigenvalue weighted by molar-refractivity contribution is 14.1. The minimum absolute atomic E-state index is 0.114. The summed E-state index contributed by atoms with van der Waals surface area (Å²) in [6.45, 7) is 1.97. The minimum atomic E-state index is -0.498. The van der Waals surface area contributed by atoms with Crippen LogP contribution in [0.15, 0.2) is 53.5 Å². The second kappa shape index (κ2) is 8.22. The summed E-state index contributed by atoms with van der Waals surface area (Å²) in [4.78, 5) is 31.0. The number of anilines is 1. The lowest BCUT2D eigenvalue weighted by atomic mass is 10.2. The van der Waals surface area contributed by atoms with Crippen molar-refractivity contribution < 1.29 is 9.59 Å². The lowest BCUT2D eigenvalue weighted by Gasteiger charge is -2.28. The Hall–Kier alpha value is -1.87. The number of carbonyl (C=O) groups excluding carboxylic acids is 2. The van der Waals surface area contributed by atoms with Crippen LogP contribution in [0.1, 0.15) is 12.0 Å². The summed E-state index contributed by atoms with van der Waals surface area (Å²) in [5, 5.41) is 2.93. The molecule has 2 aromatic rings. The highest BCUT2D eigenvalue weighted by Gasteiger charge is 2.34. The van der Waals surface area contributed by atoms with Crippen molar-refractivity contribution in [2.75, 3.05) is 12.4 Å². The highest BCUT2D eigenvalue weighted by Crippen LogP contribution is 2.29. The molecule has 1 heterocycles. The summed E-state index contributed by atoms with van der Waals surface area (Å²) in [6.07, 6.45) is 0.157. The van der Waals surface area contributed by atoms with Gasteiger partial charge >= 0.3 is 0 Å². The number of rotatable bonds is 3. The molecular formula is C19H18IN3O2S. The molecule has 1 aliphatic heterocycles. The second-order valence-corrected chi connectivity index (χ2v) is 8.41. The Kier molecular flexibility index (Phi) is 5.98. The Balaban J connectivity index is 1.77. The maximum Gasteiger partial charge on any atom is 0.238 e. The number of benzene rings is 2. The van der Waals surface area contributed by atoms with Crippen molar-refractivity contribution in [3.63, 3.8) is 0 Å². The quantitative estimate of drug-likeness (QED) is 0.672. The molecule has 0 aromatic heterocycles. The Morgan fingerprint density at radius 3 is 2.69 bits per heavy atom. The average molecular weight is 479 g/mol. The van der Waals surface area contributed by atoms with Crippen molar-refractivity contribution in [1.82, 2.24) is 4.90 Å². The average Bonchev–Trinajstić information content (AvgIpc) is 2.60. The van der Waals surface area contributed by atoms with Gasteiger partial charge in [0.1, 0.15) is 5.25 Å². The van der Waals surface area contributed by atoms with E-state index in [0.29, 0.717) is 5.17 Å². The molecule has 1 atom stereocenters. The molecule has 0 radical (unpaired) electrons. The molecular weight excluding hydrogens is 461 g/mol. The molecule has 0 aliphatic carbocycles. The largest absolute Gasteiger partial charge is 0.325 e. The zero-order chi connectivity index (χ0) is 18.7. The number of hydrogen-bond acceptors (Lipinski definition) is 4. The number of carbonyl (C=O) groups is 2. The van der Waals surface area contributed by atoms with Crippen LogP contribution in [0.3, 0.4) is 0 Å². The normalized spacial score (nSPS) is 18.9. The number of halogens is 1. The highest BCUT2D eigenvalue weighted by atomic mass is 127. The van der Waals surface area contributed by atoms with Gasteiger partial charge in [-0.25, -0.2) is 4.99 Å². The standard InChI is InChI=1S/C19H18IN3O2S/c1-12-4-3-5-15(10-12)21-18(25)16-11-17(24)23(2)19(26-16)22-14-8-6-13(20)7-9-14/h3-10,16H,11H2,1-2H3,(H,21,25). The van der Waals surface area contributed by atoms with Crippen molar-refractivity contribution in [2.45, 2.75) is 18.6 Å². The Morgan fingerprint density at radius 2 is 2.00 bits per heavy atom. The van der Waals surface area contributed by atoms with Gasteiger partial charge in [0.05, 0.1) is 5.69 Å². The van der Waals surface area contributed by atoms with E-state index in [9.17, 15) is 9.59 Å². The first-order valence-corrected chi connectivity index (χ1v) is 10.0. The molecule has 1 aliphatic rings. The van der Waals surface area contributed by atoms with Crippen LogP contribution < -0.4 is 5.32 Å². The number of aliphatic imine (C=N–C) groups is 1. The molecule has 3 rings (SSSR count). The lowest BCUT2D eigenvalue weighted by molar-refractivity contribution is -0.128. The number of thioether (sulfide) groups is 1. The van der Waals surface area contributed by atoms with Crippen LogP contribution in [0.4, 0.5) is 11.4 Å². The maximum atomic E-state index is 12.6. The zero-order valence-electron chi connectivity index (χ0n) is 14.4. The number of nitrogens with one attached hydrogen (secondary N) is 1. The van der Waals surface area contributed by atoms with Gasteiger partial charge < -0.3 is 5.32 Å². The van der Waals surface area contributed by atoms with Gasteiger partial charge in [-0.2, -0.15) is 0 Å². The van der Waals surface area contributed by atoms with E-state index in [0.717, 1.165) is 20.5 Å². The molecule has 1 unspecified atom stereocenters. The van der Waals surface area contributed by atoms with Crippen molar-refractivity contribution in [1.29, 1.82) is 0 Å². The van der Waals surface area contributed by atoms with E-state index in [1.807, 2.05) is 55.5 Å². The molecule has 134 valence electrons. The van der Waals surface area contributed by atoms with E-state index in [2.05, 4.69) is 32.9 Å². The molecule has 1 fully saturated rings. The first-order chi connectivity index (χ1) is 12.4. The van der Waals surface area contributed by atoms with Crippen LogP contribution in [-0.4, -0.2) is 34.2 Å². The van der Waals surface area contributed by atoms with Gasteiger partial charge in [0.2, 0.25) is 11.8 Å². The first kappa shape index (κ1) is 18.9. The number of nitrogens with zero attached hydrogens (tertiary/aromatic N) is 2. The van der Waals surface area contributed by atoms with Gasteiger partial charge in [0.15, 0.2) is 5.17 Å². The van der Waals surface area contributed by atoms with Gasteiger partial charge in [-0.05, 0) is 71.5 Å². The summed E-state index contributed by atoms with van der Waals surface area (Å²) >= 11 is 3.54. The van der Waals surface area contributed by atoms with Crippen LogP contribution in [0.5, 0.6) is 0 Å². The summed E-state index contributed by atoms with van der Waals surface area (Å²) in [7, 11) is 1.69. The third kappa shape index (κ3) is 4.64. The van der Waals surface area contributed by atoms with E-state index < -0.39 is 5.25 Å². The first-order valence-electron chi connectivity index (χ1n) is 8.07. The third-order valence-electron chi connectivity index (χ3n) is 3.90. The number of amidine groups is 1. The molecule has 0 bridgehead atoms. The maximum absolute atomic E-state index is 12.6. The third-order valence-corrected chi connectivity index (χ3v) is 5.86. The predicted molar refractivity (Wildman–Crippen MR) is 115 cm³/mol. The van der Waals surface area contributed by atoms with Crippen LogP contribution in [0, 0.1) is 10.5 Å². The molecule has 1 N–H and O–H groups in total. The molecule has 0 spiro atoms. The SMILES string of the molecule is Cc1cccc(NC(=O)C2CC(=O)N(C)C(=Nc3ccc(I)cc3)S2)c1. The Morgan fingerprint density at radius 1 is 1.27 bits per heavy atom. The molecule has 1 saturated heterocycles. The summed E-state index contributed by atoms with van der Waals surface area (Å²) in [5.74, 6) is -0.297. The molecule has 7 heteroatoms. The van der Waals surface area contributed by atoms with Gasteiger partial charge in [-0.15, -0.1) is 0 Å². The van der Waals surface area contributed by atoms with Crippen molar-refractivity contribution in [2.24, 2.45) is 4.99 Å². The molecule has 5 nitrogen and oxygen atoms in total. The zero-order valence-corrected chi connectivity index (χ0v) is 17.4. The number of amides is 2. The predicted octanol–water partition coefficient (Wildman–Crippen LogP) is 4.19. The van der Waals surface area contributed by atoms with Crippen molar-refractivity contribution in [3.8, 4) is 0 Å². The van der Waals surface area contributed by atoms with Gasteiger partial charge in [0.25, 0.3) is 0 Å². The second-order valence-electron chi connectivity index (χ2n) is 5.99. The smallest absolute Gasteiger partial charge is 0.238 e. The van der Waals surface area contributed by atoms with Gasteiger partial charge in [-0.1, -0.05) is 23.9 Å². The van der Waals surface area contributed by atoms with Gasteiger partial charge in [0, 0.05) is 22.7 Å². The Labute approximate surface area is 170 Å². The molecule has 26 heavy (non-hydrogen) atoms. The van der Waals surface area contributed by atoms with Gasteiger partial charge in [-0.3, -0.25) is 14.5 Å². The summed E-state index contributed by atoms with van der Waals surface area (Å²) in [5.41, 5.74) is 2.56. The minimum Gasteiger partial charge on any atom is -0.325 e. The fourth-order valence-electron chi connectivity index (χ4n) is 2.47. The fourth-order valence-corrected chi connectivity index (χ4v) is 3.89.